The molecule has 0 aromatic heterocycles. The molecule has 100 valence electrons. The van der Waals surface area contributed by atoms with Gasteiger partial charge in [-0.2, -0.15) is 0 Å². The van der Waals surface area contributed by atoms with E-state index in [1.165, 1.54) is 5.56 Å². The highest BCUT2D eigenvalue weighted by Crippen LogP contribution is 2.24. The van der Waals surface area contributed by atoms with E-state index in [2.05, 4.69) is 0 Å². The van der Waals surface area contributed by atoms with Gasteiger partial charge in [0.05, 0.1) is 12.9 Å². The van der Waals surface area contributed by atoms with E-state index in [-0.39, 0.29) is 5.75 Å². The molecule has 0 aliphatic rings. The van der Waals surface area contributed by atoms with Gasteiger partial charge in [-0.05, 0) is 43.5 Å². The normalized spacial score (nSPS) is 12.0. The largest absolute Gasteiger partial charge is 0.496 e. The number of benzene rings is 1. The molecular weight excluding hydrogens is 272 g/mol. The fourth-order valence-corrected chi connectivity index (χ4v) is 2.22. The molecule has 0 fully saturated rings. The first-order chi connectivity index (χ1) is 8.33. The molecule has 0 heterocycles. The fourth-order valence-electron chi connectivity index (χ4n) is 1.54. The van der Waals surface area contributed by atoms with Crippen LogP contribution in [0.25, 0.3) is 6.08 Å². The predicted octanol–water partition coefficient (Wildman–Crippen LogP) is 3.28. The molecule has 0 bridgehead atoms. The van der Waals surface area contributed by atoms with Crippen molar-refractivity contribution in [3.63, 3.8) is 0 Å². The molecule has 5 heteroatoms. The second-order valence-electron chi connectivity index (χ2n) is 4.11. The van der Waals surface area contributed by atoms with Crippen molar-refractivity contribution in [2.75, 3.05) is 12.9 Å². The van der Waals surface area contributed by atoms with Crippen molar-refractivity contribution in [1.29, 1.82) is 0 Å². The molecule has 0 aliphatic carbocycles. The first-order valence-corrected chi connectivity index (χ1v) is 8.05. The lowest BCUT2D eigenvalue weighted by molar-refractivity contribution is 0.413. The lowest BCUT2D eigenvalue weighted by Crippen LogP contribution is -1.95. The molecule has 0 spiro atoms. The van der Waals surface area contributed by atoms with Crippen molar-refractivity contribution in [2.45, 2.75) is 20.3 Å². The Hall–Kier alpha value is -1.00. The van der Waals surface area contributed by atoms with Crippen LogP contribution in [0.4, 0.5) is 0 Å². The zero-order valence-corrected chi connectivity index (χ0v) is 12.3. The summed E-state index contributed by atoms with van der Waals surface area (Å²) < 4.78 is 26.8. The van der Waals surface area contributed by atoms with Crippen molar-refractivity contribution in [3.8, 4) is 5.75 Å². The van der Waals surface area contributed by atoms with Gasteiger partial charge in [0.2, 0.25) is 9.05 Å². The van der Waals surface area contributed by atoms with Crippen molar-refractivity contribution >= 4 is 25.8 Å². The minimum absolute atomic E-state index is 0.0573. The summed E-state index contributed by atoms with van der Waals surface area (Å²) in [5.74, 6) is 0.723. The Morgan fingerprint density at radius 2 is 1.89 bits per heavy atom. The minimum Gasteiger partial charge on any atom is -0.496 e. The zero-order chi connectivity index (χ0) is 13.8. The van der Waals surface area contributed by atoms with Gasteiger partial charge in [-0.25, -0.2) is 8.42 Å². The molecule has 0 unspecified atom stereocenters. The van der Waals surface area contributed by atoms with E-state index in [9.17, 15) is 8.42 Å². The van der Waals surface area contributed by atoms with Crippen LogP contribution in [0.5, 0.6) is 5.75 Å². The Bertz CT molecular complexity index is 548. The lowest BCUT2D eigenvalue weighted by Gasteiger charge is -2.08. The third-order valence-corrected chi connectivity index (χ3v) is 3.86. The van der Waals surface area contributed by atoms with E-state index in [4.69, 9.17) is 15.4 Å². The number of ether oxygens (including phenoxy) is 1. The SMILES string of the molecule is COc1cc(C)c(C)cc1/C=C/CCS(=O)(=O)Cl. The van der Waals surface area contributed by atoms with Gasteiger partial charge in [-0.15, -0.1) is 0 Å². The number of allylic oxidation sites excluding steroid dienone is 1. The molecule has 0 saturated carbocycles. The summed E-state index contributed by atoms with van der Waals surface area (Å²) in [7, 11) is 3.33. The van der Waals surface area contributed by atoms with Crippen LogP contribution in [-0.2, 0) is 9.05 Å². The average molecular weight is 289 g/mol. The molecule has 0 aliphatic heterocycles. The molecule has 1 rings (SSSR count). The van der Waals surface area contributed by atoms with Gasteiger partial charge in [0.1, 0.15) is 5.75 Å². The highest BCUT2D eigenvalue weighted by molar-refractivity contribution is 8.13. The summed E-state index contributed by atoms with van der Waals surface area (Å²) in [6.07, 6.45) is 4.03. The molecule has 1 aromatic rings. The quantitative estimate of drug-likeness (QED) is 0.781. The number of hydrogen-bond donors (Lipinski definition) is 0. The molecule has 0 amide bonds. The number of hydrogen-bond acceptors (Lipinski definition) is 3. The van der Waals surface area contributed by atoms with Gasteiger partial charge in [-0.3, -0.25) is 0 Å². The van der Waals surface area contributed by atoms with Gasteiger partial charge in [0, 0.05) is 16.2 Å². The first kappa shape index (κ1) is 15.1. The Labute approximate surface area is 113 Å². The number of aryl methyl sites for hydroxylation is 2. The maximum absolute atomic E-state index is 10.8. The van der Waals surface area contributed by atoms with Crippen LogP contribution in [0.3, 0.4) is 0 Å². The average Bonchev–Trinajstić information content (AvgIpc) is 2.27. The zero-order valence-electron chi connectivity index (χ0n) is 10.7. The van der Waals surface area contributed by atoms with E-state index < -0.39 is 9.05 Å². The van der Waals surface area contributed by atoms with Crippen LogP contribution in [0, 0.1) is 13.8 Å². The molecular formula is C13H17ClO3S. The van der Waals surface area contributed by atoms with Gasteiger partial charge < -0.3 is 4.74 Å². The Kier molecular flexibility index (Phi) is 5.23. The van der Waals surface area contributed by atoms with Gasteiger partial charge in [0.15, 0.2) is 0 Å². The number of rotatable bonds is 5. The Balaban J connectivity index is 2.84. The summed E-state index contributed by atoms with van der Waals surface area (Å²) >= 11 is 0. The van der Waals surface area contributed by atoms with Crippen LogP contribution in [0.2, 0.25) is 0 Å². The van der Waals surface area contributed by atoms with Crippen LogP contribution < -0.4 is 4.74 Å². The first-order valence-electron chi connectivity index (χ1n) is 5.57. The maximum atomic E-state index is 10.8. The van der Waals surface area contributed by atoms with Gasteiger partial charge in [0.25, 0.3) is 0 Å². The van der Waals surface area contributed by atoms with E-state index >= 15 is 0 Å². The third-order valence-electron chi connectivity index (χ3n) is 2.67. The topological polar surface area (TPSA) is 43.4 Å². The van der Waals surface area contributed by atoms with Gasteiger partial charge >= 0.3 is 0 Å². The van der Waals surface area contributed by atoms with Crippen molar-refractivity contribution in [1.82, 2.24) is 0 Å². The fraction of sp³-hybridized carbons (Fsp3) is 0.385. The van der Waals surface area contributed by atoms with Crippen LogP contribution >= 0.6 is 10.7 Å². The standard InChI is InChI=1S/C13H17ClO3S/c1-10-8-12(13(17-3)9-11(10)2)6-4-5-7-18(14,15)16/h4,6,8-9H,5,7H2,1-3H3/b6-4+. The monoisotopic (exact) mass is 288 g/mol. The van der Waals surface area contributed by atoms with Crippen molar-refractivity contribution in [3.05, 3.63) is 34.9 Å². The van der Waals surface area contributed by atoms with Crippen molar-refractivity contribution < 1.29 is 13.2 Å². The molecule has 18 heavy (non-hydrogen) atoms. The number of halogens is 1. The van der Waals surface area contributed by atoms with Crippen LogP contribution in [-0.4, -0.2) is 21.3 Å². The molecule has 0 N–H and O–H groups in total. The van der Waals surface area contributed by atoms with Crippen LogP contribution in [0.1, 0.15) is 23.1 Å². The molecule has 3 nitrogen and oxygen atoms in total. The van der Waals surface area contributed by atoms with Gasteiger partial charge in [-0.1, -0.05) is 12.2 Å². The molecule has 0 atom stereocenters. The van der Waals surface area contributed by atoms with Crippen LogP contribution in [0.15, 0.2) is 18.2 Å². The second kappa shape index (κ2) is 6.25. The predicted molar refractivity (Wildman–Crippen MR) is 75.8 cm³/mol. The lowest BCUT2D eigenvalue weighted by atomic mass is 10.0. The van der Waals surface area contributed by atoms with E-state index in [0.717, 1.165) is 16.9 Å². The van der Waals surface area contributed by atoms with Crippen molar-refractivity contribution in [2.24, 2.45) is 0 Å². The summed E-state index contributed by atoms with van der Waals surface area (Å²) in [5.41, 5.74) is 3.26. The summed E-state index contributed by atoms with van der Waals surface area (Å²) in [4.78, 5) is 0. The van der Waals surface area contributed by atoms with E-state index in [0.29, 0.717) is 6.42 Å². The maximum Gasteiger partial charge on any atom is 0.232 e. The summed E-state index contributed by atoms with van der Waals surface area (Å²) in [5, 5.41) is 0. The minimum atomic E-state index is -3.42. The summed E-state index contributed by atoms with van der Waals surface area (Å²) in [6, 6.07) is 3.98. The Morgan fingerprint density at radius 3 is 2.44 bits per heavy atom. The highest BCUT2D eigenvalue weighted by atomic mass is 35.7. The Morgan fingerprint density at radius 1 is 1.28 bits per heavy atom. The second-order valence-corrected chi connectivity index (χ2v) is 7.01. The van der Waals surface area contributed by atoms with E-state index in [1.807, 2.05) is 32.1 Å². The number of methoxy groups -OCH3 is 1. The highest BCUT2D eigenvalue weighted by Gasteiger charge is 2.04. The van der Waals surface area contributed by atoms with E-state index in [1.54, 1.807) is 13.2 Å². The molecule has 1 aromatic carbocycles. The summed E-state index contributed by atoms with van der Waals surface area (Å²) in [6.45, 7) is 4.04. The molecule has 0 saturated heterocycles. The smallest absolute Gasteiger partial charge is 0.232 e. The molecule has 0 radical (unpaired) electrons. The third kappa shape index (κ3) is 4.70.